The van der Waals surface area contributed by atoms with Crippen molar-refractivity contribution >= 4 is 27.4 Å². The van der Waals surface area contributed by atoms with Crippen molar-refractivity contribution in [1.29, 1.82) is 0 Å². The number of carbonyl (C=O) groups is 1. The molecule has 2 N–H and O–H groups in total. The number of ether oxygens (including phenoxy) is 1. The molecule has 0 aliphatic rings. The van der Waals surface area contributed by atoms with E-state index in [2.05, 4.69) is 15.0 Å². The number of sulfonamides is 1. The summed E-state index contributed by atoms with van der Waals surface area (Å²) in [4.78, 5) is 16.5. The highest BCUT2D eigenvalue weighted by Crippen LogP contribution is 2.20. The first-order chi connectivity index (χ1) is 13.5. The van der Waals surface area contributed by atoms with E-state index >= 15 is 0 Å². The second kappa shape index (κ2) is 8.53. The molecule has 1 heterocycles. The molecule has 2 aromatic carbocycles. The Morgan fingerprint density at radius 2 is 1.82 bits per heavy atom. The molecule has 28 heavy (non-hydrogen) atoms. The summed E-state index contributed by atoms with van der Waals surface area (Å²) in [7, 11) is -3.80. The second-order valence-corrected chi connectivity index (χ2v) is 7.44. The highest BCUT2D eigenvalue weighted by Gasteiger charge is 2.15. The molecule has 0 spiro atoms. The number of carbonyl (C=O) groups excluding carboxylic acids is 1. The number of amides is 1. The van der Waals surface area contributed by atoms with Crippen LogP contribution >= 0.6 is 0 Å². The number of aromatic nitrogens is 1. The highest BCUT2D eigenvalue weighted by molar-refractivity contribution is 7.92. The molecule has 7 nitrogen and oxygen atoms in total. The summed E-state index contributed by atoms with van der Waals surface area (Å²) in [5.41, 5.74) is 0.583. The molecule has 144 valence electrons. The summed E-state index contributed by atoms with van der Waals surface area (Å²) >= 11 is 0. The number of rotatable bonds is 7. The van der Waals surface area contributed by atoms with Crippen LogP contribution in [0.4, 0.5) is 11.5 Å². The summed E-state index contributed by atoms with van der Waals surface area (Å²) in [6.07, 6.45) is 1.57. The minimum atomic E-state index is -3.80. The maximum atomic E-state index is 12.6. The van der Waals surface area contributed by atoms with E-state index in [-0.39, 0.29) is 16.5 Å². The molecular weight excluding hydrogens is 378 g/mol. The molecule has 8 heteroatoms. The number of nitrogens with one attached hydrogen (secondary N) is 2. The molecule has 0 aliphatic carbocycles. The zero-order chi connectivity index (χ0) is 20.0. The lowest BCUT2D eigenvalue weighted by Gasteiger charge is -2.10. The predicted octanol–water partition coefficient (Wildman–Crippen LogP) is 3.53. The lowest BCUT2D eigenvalue weighted by molar-refractivity contribution is 0.102. The molecule has 0 atom stereocenters. The first-order valence-corrected chi connectivity index (χ1v) is 10.0. The average Bonchev–Trinajstić information content (AvgIpc) is 2.69. The third-order valence-corrected chi connectivity index (χ3v) is 5.13. The van der Waals surface area contributed by atoms with Gasteiger partial charge in [0.15, 0.2) is 0 Å². The van der Waals surface area contributed by atoms with Crippen molar-refractivity contribution < 1.29 is 17.9 Å². The Labute approximate surface area is 163 Å². The molecule has 0 bridgehead atoms. The van der Waals surface area contributed by atoms with Gasteiger partial charge in [-0.3, -0.25) is 9.52 Å². The van der Waals surface area contributed by atoms with Gasteiger partial charge in [0.1, 0.15) is 11.6 Å². The van der Waals surface area contributed by atoms with Crippen LogP contribution in [0.3, 0.4) is 0 Å². The SMILES string of the molecule is CCOc1ccc(S(=O)(=O)Nc2cccc(C(=O)Nc3ccccn3)c2)cc1. The Hall–Kier alpha value is -3.39. The van der Waals surface area contributed by atoms with Crippen LogP contribution in [-0.4, -0.2) is 25.9 Å². The van der Waals surface area contributed by atoms with Gasteiger partial charge >= 0.3 is 0 Å². The fourth-order valence-corrected chi connectivity index (χ4v) is 3.49. The Morgan fingerprint density at radius 3 is 2.50 bits per heavy atom. The van der Waals surface area contributed by atoms with Gasteiger partial charge in [0.05, 0.1) is 11.5 Å². The van der Waals surface area contributed by atoms with Gasteiger partial charge in [0.2, 0.25) is 0 Å². The van der Waals surface area contributed by atoms with E-state index in [1.54, 1.807) is 54.7 Å². The van der Waals surface area contributed by atoms with Crippen molar-refractivity contribution in [2.45, 2.75) is 11.8 Å². The van der Waals surface area contributed by atoms with Gasteiger partial charge in [-0.05, 0) is 61.5 Å². The Kier molecular flexibility index (Phi) is 5.90. The molecule has 0 radical (unpaired) electrons. The van der Waals surface area contributed by atoms with E-state index in [0.29, 0.717) is 23.7 Å². The summed E-state index contributed by atoms with van der Waals surface area (Å²) in [5, 5.41) is 2.66. The number of pyridine rings is 1. The zero-order valence-corrected chi connectivity index (χ0v) is 15.9. The van der Waals surface area contributed by atoms with Crippen molar-refractivity contribution in [1.82, 2.24) is 4.98 Å². The fourth-order valence-electron chi connectivity index (χ4n) is 2.44. The van der Waals surface area contributed by atoms with Crippen LogP contribution in [0, 0.1) is 0 Å². The molecule has 1 aromatic heterocycles. The van der Waals surface area contributed by atoms with E-state index in [4.69, 9.17) is 4.74 Å². The van der Waals surface area contributed by atoms with Crippen molar-refractivity contribution in [3.05, 3.63) is 78.5 Å². The van der Waals surface area contributed by atoms with Gasteiger partial charge in [-0.1, -0.05) is 12.1 Å². The molecule has 3 rings (SSSR count). The van der Waals surface area contributed by atoms with E-state index in [1.165, 1.54) is 18.2 Å². The summed E-state index contributed by atoms with van der Waals surface area (Å²) in [6.45, 7) is 2.35. The van der Waals surface area contributed by atoms with Gasteiger partial charge in [0.25, 0.3) is 15.9 Å². The largest absolute Gasteiger partial charge is 0.494 e. The lowest BCUT2D eigenvalue weighted by Crippen LogP contribution is -2.15. The summed E-state index contributed by atoms with van der Waals surface area (Å²) in [6, 6.07) is 17.5. The van der Waals surface area contributed by atoms with Gasteiger partial charge in [0, 0.05) is 17.4 Å². The van der Waals surface area contributed by atoms with Gasteiger partial charge in [-0.15, -0.1) is 0 Å². The Morgan fingerprint density at radius 1 is 1.04 bits per heavy atom. The molecule has 0 unspecified atom stereocenters. The quantitative estimate of drug-likeness (QED) is 0.636. The molecular formula is C20H19N3O4S. The van der Waals surface area contributed by atoms with Crippen LogP contribution in [0.5, 0.6) is 5.75 Å². The Balaban J connectivity index is 1.75. The topological polar surface area (TPSA) is 97.4 Å². The second-order valence-electron chi connectivity index (χ2n) is 5.76. The standard InChI is InChI=1S/C20H19N3O4S/c1-2-27-17-9-11-18(12-10-17)28(25,26)23-16-7-5-6-15(14-16)20(24)22-19-8-3-4-13-21-19/h3-14,23H,2H2,1H3,(H,21,22,24). The lowest BCUT2D eigenvalue weighted by atomic mass is 10.2. The number of hydrogen-bond donors (Lipinski definition) is 2. The molecule has 0 saturated carbocycles. The van der Waals surface area contributed by atoms with Crippen molar-refractivity contribution in [3.8, 4) is 5.75 Å². The predicted molar refractivity (Wildman–Crippen MR) is 107 cm³/mol. The van der Waals surface area contributed by atoms with Crippen LogP contribution in [0.15, 0.2) is 77.8 Å². The first-order valence-electron chi connectivity index (χ1n) is 8.56. The number of anilines is 2. The first kappa shape index (κ1) is 19.4. The van der Waals surface area contributed by atoms with Gasteiger partial charge in [-0.2, -0.15) is 0 Å². The number of nitrogens with zero attached hydrogens (tertiary/aromatic N) is 1. The molecule has 1 amide bonds. The third kappa shape index (κ3) is 4.86. The van der Waals surface area contributed by atoms with E-state index < -0.39 is 10.0 Å². The summed E-state index contributed by atoms with van der Waals surface area (Å²) < 4.78 is 33.0. The van der Waals surface area contributed by atoms with Crippen LogP contribution < -0.4 is 14.8 Å². The van der Waals surface area contributed by atoms with E-state index in [1.807, 2.05) is 6.92 Å². The maximum absolute atomic E-state index is 12.6. The molecule has 3 aromatic rings. The zero-order valence-electron chi connectivity index (χ0n) is 15.1. The fraction of sp³-hybridized carbons (Fsp3) is 0.100. The van der Waals surface area contributed by atoms with E-state index in [0.717, 1.165) is 0 Å². The molecule has 0 saturated heterocycles. The highest BCUT2D eigenvalue weighted by atomic mass is 32.2. The molecule has 0 aliphatic heterocycles. The number of benzene rings is 2. The normalized spacial score (nSPS) is 10.9. The van der Waals surface area contributed by atoms with Crippen LogP contribution in [-0.2, 0) is 10.0 Å². The van der Waals surface area contributed by atoms with Crippen molar-refractivity contribution in [3.63, 3.8) is 0 Å². The van der Waals surface area contributed by atoms with Crippen LogP contribution in [0.25, 0.3) is 0 Å². The smallest absolute Gasteiger partial charge is 0.261 e. The van der Waals surface area contributed by atoms with Crippen LogP contribution in [0.1, 0.15) is 17.3 Å². The van der Waals surface area contributed by atoms with E-state index in [9.17, 15) is 13.2 Å². The van der Waals surface area contributed by atoms with Crippen LogP contribution in [0.2, 0.25) is 0 Å². The minimum Gasteiger partial charge on any atom is -0.494 e. The maximum Gasteiger partial charge on any atom is 0.261 e. The van der Waals surface area contributed by atoms with Crippen molar-refractivity contribution in [2.24, 2.45) is 0 Å². The summed E-state index contributed by atoms with van der Waals surface area (Å²) in [5.74, 6) is 0.614. The van der Waals surface area contributed by atoms with Gasteiger partial charge in [-0.25, -0.2) is 13.4 Å². The Bertz CT molecular complexity index is 1050. The minimum absolute atomic E-state index is 0.0966. The number of hydrogen-bond acceptors (Lipinski definition) is 5. The monoisotopic (exact) mass is 397 g/mol. The third-order valence-electron chi connectivity index (χ3n) is 3.73. The van der Waals surface area contributed by atoms with Crippen molar-refractivity contribution in [2.75, 3.05) is 16.6 Å². The van der Waals surface area contributed by atoms with Gasteiger partial charge < -0.3 is 10.1 Å². The average molecular weight is 397 g/mol. The molecule has 0 fully saturated rings.